The van der Waals surface area contributed by atoms with Gasteiger partial charge >= 0.3 is 0 Å². The molecule has 0 aliphatic heterocycles. The van der Waals surface area contributed by atoms with Crippen LogP contribution in [0.3, 0.4) is 0 Å². The summed E-state index contributed by atoms with van der Waals surface area (Å²) in [5.74, 6) is 0.692. The number of carbonyl (C=O) groups is 1. The van der Waals surface area contributed by atoms with Crippen LogP contribution in [-0.4, -0.2) is 10.9 Å². The maximum absolute atomic E-state index is 12.0. The Morgan fingerprint density at radius 3 is 2.96 bits per heavy atom. The van der Waals surface area contributed by atoms with Crippen LogP contribution in [0.1, 0.15) is 21.9 Å². The topological polar surface area (TPSA) is 55.1 Å². The van der Waals surface area contributed by atoms with Gasteiger partial charge in [-0.05, 0) is 37.6 Å². The summed E-state index contributed by atoms with van der Waals surface area (Å²) in [6.45, 7) is 4.54. The summed E-state index contributed by atoms with van der Waals surface area (Å²) in [6, 6.07) is 9.96. The molecule has 23 heavy (non-hydrogen) atoms. The molecule has 118 valence electrons. The average molecular weight is 326 g/mol. The highest BCUT2D eigenvalue weighted by atomic mass is 32.1. The Morgan fingerprint density at radius 1 is 1.30 bits per heavy atom. The standard InChI is InChI=1S/C18H18N2O2S/c1-12-5-6-13(2)15(8-12)16-11-23-18(20-16)9-17(21)19-10-14-4-3-7-22-14/h3-8,11H,9-10H2,1-2H3,(H,19,21). The van der Waals surface area contributed by atoms with E-state index >= 15 is 0 Å². The van der Waals surface area contributed by atoms with E-state index in [2.05, 4.69) is 42.3 Å². The van der Waals surface area contributed by atoms with E-state index in [4.69, 9.17) is 4.42 Å². The molecule has 0 aliphatic carbocycles. The Balaban J connectivity index is 1.65. The van der Waals surface area contributed by atoms with Crippen molar-refractivity contribution >= 4 is 17.2 Å². The van der Waals surface area contributed by atoms with Gasteiger partial charge in [0, 0.05) is 10.9 Å². The van der Waals surface area contributed by atoms with Gasteiger partial charge in [0.05, 0.1) is 24.9 Å². The Bertz CT molecular complexity index is 806. The normalized spacial score (nSPS) is 10.7. The van der Waals surface area contributed by atoms with Crippen molar-refractivity contribution in [3.63, 3.8) is 0 Å². The number of rotatable bonds is 5. The largest absolute Gasteiger partial charge is 0.467 e. The second kappa shape index (κ2) is 6.79. The minimum Gasteiger partial charge on any atom is -0.467 e. The van der Waals surface area contributed by atoms with Gasteiger partial charge in [-0.15, -0.1) is 11.3 Å². The zero-order valence-corrected chi connectivity index (χ0v) is 13.9. The van der Waals surface area contributed by atoms with Gasteiger partial charge in [-0.2, -0.15) is 0 Å². The van der Waals surface area contributed by atoms with Crippen LogP contribution >= 0.6 is 11.3 Å². The number of benzene rings is 1. The summed E-state index contributed by atoms with van der Waals surface area (Å²) in [5.41, 5.74) is 4.46. The lowest BCUT2D eigenvalue weighted by atomic mass is 10.0. The quantitative estimate of drug-likeness (QED) is 0.774. The number of amides is 1. The second-order valence-electron chi connectivity index (χ2n) is 5.48. The minimum absolute atomic E-state index is 0.0525. The van der Waals surface area contributed by atoms with Crippen molar-refractivity contribution < 1.29 is 9.21 Å². The molecule has 0 aliphatic rings. The lowest BCUT2D eigenvalue weighted by Gasteiger charge is -2.04. The molecule has 0 atom stereocenters. The molecule has 0 saturated carbocycles. The molecule has 5 heteroatoms. The van der Waals surface area contributed by atoms with E-state index in [1.54, 1.807) is 12.3 Å². The minimum atomic E-state index is -0.0525. The molecule has 3 rings (SSSR count). The number of nitrogens with one attached hydrogen (secondary N) is 1. The van der Waals surface area contributed by atoms with Crippen LogP contribution in [0.4, 0.5) is 0 Å². The molecule has 0 saturated heterocycles. The summed E-state index contributed by atoms with van der Waals surface area (Å²) >= 11 is 1.52. The third-order valence-corrected chi connectivity index (χ3v) is 4.42. The first-order chi connectivity index (χ1) is 11.1. The molecule has 0 fully saturated rings. The number of aromatic nitrogens is 1. The fourth-order valence-corrected chi connectivity index (χ4v) is 3.12. The van der Waals surface area contributed by atoms with Crippen LogP contribution in [-0.2, 0) is 17.8 Å². The van der Waals surface area contributed by atoms with E-state index in [1.165, 1.54) is 22.5 Å². The molecule has 4 nitrogen and oxygen atoms in total. The molecule has 1 amide bonds. The summed E-state index contributed by atoms with van der Waals surface area (Å²) < 4.78 is 5.19. The monoisotopic (exact) mass is 326 g/mol. The number of nitrogens with zero attached hydrogens (tertiary/aromatic N) is 1. The number of furan rings is 1. The van der Waals surface area contributed by atoms with Gasteiger partial charge in [-0.25, -0.2) is 4.98 Å². The molecule has 2 heterocycles. The second-order valence-corrected chi connectivity index (χ2v) is 6.42. The molecule has 3 aromatic rings. The first-order valence-electron chi connectivity index (χ1n) is 7.43. The molecule has 0 spiro atoms. The molecule has 0 unspecified atom stereocenters. The zero-order chi connectivity index (χ0) is 16.2. The SMILES string of the molecule is Cc1ccc(C)c(-c2csc(CC(=O)NCc3ccco3)n2)c1. The van der Waals surface area contributed by atoms with Gasteiger partial charge in [0.2, 0.25) is 5.91 Å². The zero-order valence-electron chi connectivity index (χ0n) is 13.1. The predicted octanol–water partition coefficient (Wildman–Crippen LogP) is 3.88. The first kappa shape index (κ1) is 15.5. The number of hydrogen-bond acceptors (Lipinski definition) is 4. The maximum atomic E-state index is 12.0. The van der Waals surface area contributed by atoms with Crippen LogP contribution in [0.25, 0.3) is 11.3 Å². The highest BCUT2D eigenvalue weighted by Crippen LogP contribution is 2.26. The van der Waals surface area contributed by atoms with Gasteiger partial charge in [-0.1, -0.05) is 17.7 Å². The van der Waals surface area contributed by atoms with Gasteiger partial charge in [0.15, 0.2) is 0 Å². The number of hydrogen-bond donors (Lipinski definition) is 1. The van der Waals surface area contributed by atoms with Crippen molar-refractivity contribution in [2.45, 2.75) is 26.8 Å². The lowest BCUT2D eigenvalue weighted by Crippen LogP contribution is -2.24. The van der Waals surface area contributed by atoms with E-state index in [-0.39, 0.29) is 12.3 Å². The molecule has 0 radical (unpaired) electrons. The first-order valence-corrected chi connectivity index (χ1v) is 8.31. The smallest absolute Gasteiger partial charge is 0.227 e. The summed E-state index contributed by atoms with van der Waals surface area (Å²) in [5, 5.41) is 5.67. The van der Waals surface area contributed by atoms with Crippen molar-refractivity contribution in [3.05, 3.63) is 63.9 Å². The number of thiazole rings is 1. The van der Waals surface area contributed by atoms with Crippen LogP contribution in [0.15, 0.2) is 46.4 Å². The highest BCUT2D eigenvalue weighted by molar-refractivity contribution is 7.10. The Morgan fingerprint density at radius 2 is 2.17 bits per heavy atom. The van der Waals surface area contributed by atoms with Crippen molar-refractivity contribution in [1.29, 1.82) is 0 Å². The fourth-order valence-electron chi connectivity index (χ4n) is 2.33. The van der Waals surface area contributed by atoms with Gasteiger partial charge in [-0.3, -0.25) is 4.79 Å². The van der Waals surface area contributed by atoms with Gasteiger partial charge in [0.25, 0.3) is 0 Å². The van der Waals surface area contributed by atoms with E-state index in [9.17, 15) is 4.79 Å². The van der Waals surface area contributed by atoms with Crippen molar-refractivity contribution in [1.82, 2.24) is 10.3 Å². The summed E-state index contributed by atoms with van der Waals surface area (Å²) in [6.07, 6.45) is 1.88. The lowest BCUT2D eigenvalue weighted by molar-refractivity contribution is -0.120. The van der Waals surface area contributed by atoms with Crippen LogP contribution < -0.4 is 5.32 Å². The van der Waals surface area contributed by atoms with Gasteiger partial charge in [0.1, 0.15) is 10.8 Å². The van der Waals surface area contributed by atoms with E-state index in [1.807, 2.05) is 11.4 Å². The third kappa shape index (κ3) is 3.87. The predicted molar refractivity (Wildman–Crippen MR) is 91.3 cm³/mol. The van der Waals surface area contributed by atoms with Crippen molar-refractivity contribution in [3.8, 4) is 11.3 Å². The van der Waals surface area contributed by atoms with Crippen LogP contribution in [0.5, 0.6) is 0 Å². The van der Waals surface area contributed by atoms with E-state index < -0.39 is 0 Å². The molecular weight excluding hydrogens is 308 g/mol. The van der Waals surface area contributed by atoms with Gasteiger partial charge < -0.3 is 9.73 Å². The Labute approximate surface area is 139 Å². The van der Waals surface area contributed by atoms with Crippen LogP contribution in [0.2, 0.25) is 0 Å². The van der Waals surface area contributed by atoms with E-state index in [0.29, 0.717) is 6.54 Å². The average Bonchev–Trinajstić information content (AvgIpc) is 3.19. The summed E-state index contributed by atoms with van der Waals surface area (Å²) in [4.78, 5) is 16.6. The van der Waals surface area contributed by atoms with Crippen molar-refractivity contribution in [2.75, 3.05) is 0 Å². The molecular formula is C18H18N2O2S. The maximum Gasteiger partial charge on any atom is 0.227 e. The highest BCUT2D eigenvalue weighted by Gasteiger charge is 2.11. The Hall–Kier alpha value is -2.40. The molecule has 2 aromatic heterocycles. The van der Waals surface area contributed by atoms with Crippen molar-refractivity contribution in [2.24, 2.45) is 0 Å². The molecule has 1 N–H and O–H groups in total. The number of aryl methyl sites for hydroxylation is 2. The van der Waals surface area contributed by atoms with E-state index in [0.717, 1.165) is 22.0 Å². The Kier molecular flexibility index (Phi) is 4.57. The fraction of sp³-hybridized carbons (Fsp3) is 0.222. The molecule has 1 aromatic carbocycles. The molecule has 0 bridgehead atoms. The number of carbonyl (C=O) groups excluding carboxylic acids is 1. The summed E-state index contributed by atoms with van der Waals surface area (Å²) in [7, 11) is 0. The van der Waals surface area contributed by atoms with Crippen LogP contribution in [0, 0.1) is 13.8 Å². The third-order valence-electron chi connectivity index (χ3n) is 3.57.